The van der Waals surface area contributed by atoms with Crippen LogP contribution in [0.5, 0.6) is 0 Å². The van der Waals surface area contributed by atoms with Crippen LogP contribution in [0.4, 0.5) is 10.1 Å². The van der Waals surface area contributed by atoms with Gasteiger partial charge < -0.3 is 20.1 Å². The third kappa shape index (κ3) is 4.11. The van der Waals surface area contributed by atoms with Gasteiger partial charge in [-0.25, -0.2) is 9.07 Å². The Morgan fingerprint density at radius 1 is 1.37 bits per heavy atom. The molecule has 156 valence electrons. The molecule has 3 heterocycles. The Balaban J connectivity index is 1.45. The van der Waals surface area contributed by atoms with E-state index in [0.717, 1.165) is 0 Å². The van der Waals surface area contributed by atoms with Crippen LogP contribution in [-0.2, 0) is 21.3 Å². The standard InChI is InChI=1S/C19H20FN7O3/c1-26-19(23-24-25-26)17-5-2-12(8-22-17)15-4-3-13(6-16(15)20)27-9-14(30-11-27)10-29-18(28)7-21/h2-6,8,14H,7,9-11,21H2,1H3/t14-/m1/s1. The molecule has 0 spiro atoms. The Hall–Kier alpha value is -3.44. The number of nitrogens with two attached hydrogens (primary N) is 1. The van der Waals surface area contributed by atoms with Gasteiger partial charge in [0.2, 0.25) is 0 Å². The van der Waals surface area contributed by atoms with Gasteiger partial charge in [0.15, 0.2) is 5.82 Å². The molecule has 1 aromatic carbocycles. The minimum atomic E-state index is -0.484. The Morgan fingerprint density at radius 3 is 2.90 bits per heavy atom. The van der Waals surface area contributed by atoms with E-state index in [4.69, 9.17) is 15.2 Å². The zero-order valence-corrected chi connectivity index (χ0v) is 16.2. The summed E-state index contributed by atoms with van der Waals surface area (Å²) in [6.07, 6.45) is 1.30. The highest BCUT2D eigenvalue weighted by Gasteiger charge is 2.25. The molecular weight excluding hydrogens is 393 g/mol. The quantitative estimate of drug-likeness (QED) is 0.583. The molecule has 11 heteroatoms. The summed E-state index contributed by atoms with van der Waals surface area (Å²) in [4.78, 5) is 17.4. The Bertz CT molecular complexity index is 1040. The monoisotopic (exact) mass is 413 g/mol. The number of esters is 1. The van der Waals surface area contributed by atoms with Crippen LogP contribution in [-0.4, -0.2) is 63.7 Å². The highest BCUT2D eigenvalue weighted by Crippen LogP contribution is 2.29. The van der Waals surface area contributed by atoms with Gasteiger partial charge in [0.25, 0.3) is 0 Å². The molecule has 4 rings (SSSR count). The fraction of sp³-hybridized carbons (Fsp3) is 0.316. The van der Waals surface area contributed by atoms with Crippen LogP contribution in [0.3, 0.4) is 0 Å². The number of anilines is 1. The molecular formula is C19H20FN7O3. The molecule has 0 unspecified atom stereocenters. The lowest BCUT2D eigenvalue weighted by molar-refractivity contribution is -0.144. The van der Waals surface area contributed by atoms with E-state index in [9.17, 15) is 9.18 Å². The molecule has 0 aliphatic carbocycles. The van der Waals surface area contributed by atoms with Crippen LogP contribution in [0.15, 0.2) is 36.5 Å². The minimum Gasteiger partial charge on any atom is -0.462 e. The van der Waals surface area contributed by atoms with E-state index in [1.807, 2.05) is 11.0 Å². The molecule has 2 aromatic heterocycles. The number of aromatic nitrogens is 5. The van der Waals surface area contributed by atoms with Crippen LogP contribution in [0.1, 0.15) is 0 Å². The molecule has 1 aliphatic rings. The number of carbonyl (C=O) groups excluding carboxylic acids is 1. The van der Waals surface area contributed by atoms with Gasteiger partial charge in [-0.05, 0) is 34.7 Å². The van der Waals surface area contributed by atoms with Gasteiger partial charge in [-0.2, -0.15) is 0 Å². The number of pyridine rings is 1. The van der Waals surface area contributed by atoms with Gasteiger partial charge in [-0.15, -0.1) is 5.10 Å². The van der Waals surface area contributed by atoms with E-state index in [1.165, 1.54) is 10.7 Å². The second-order valence-electron chi connectivity index (χ2n) is 6.75. The first kappa shape index (κ1) is 19.9. The topological polar surface area (TPSA) is 121 Å². The van der Waals surface area contributed by atoms with Crippen LogP contribution in [0, 0.1) is 5.82 Å². The maximum atomic E-state index is 14.8. The summed E-state index contributed by atoms with van der Waals surface area (Å²) in [5.74, 6) is -0.332. The SMILES string of the molecule is Cn1nnnc1-c1ccc(-c2ccc(N3CO[C@@H](COC(=O)CN)C3)cc2F)cn1. The zero-order valence-electron chi connectivity index (χ0n) is 16.2. The van der Waals surface area contributed by atoms with Crippen molar-refractivity contribution in [3.8, 4) is 22.6 Å². The summed E-state index contributed by atoms with van der Waals surface area (Å²) in [6.45, 7) is 0.713. The van der Waals surface area contributed by atoms with Crippen LogP contribution < -0.4 is 10.6 Å². The highest BCUT2D eigenvalue weighted by atomic mass is 19.1. The van der Waals surface area contributed by atoms with Gasteiger partial charge in [0, 0.05) is 36.6 Å². The lowest BCUT2D eigenvalue weighted by Crippen LogP contribution is -2.27. The molecule has 2 N–H and O–H groups in total. The number of ether oxygens (including phenoxy) is 2. The molecule has 0 radical (unpaired) electrons. The molecule has 1 saturated heterocycles. The van der Waals surface area contributed by atoms with Crippen LogP contribution in [0.25, 0.3) is 22.6 Å². The normalized spacial score (nSPS) is 16.1. The summed E-state index contributed by atoms with van der Waals surface area (Å²) in [7, 11) is 1.72. The highest BCUT2D eigenvalue weighted by molar-refractivity contribution is 5.71. The Morgan fingerprint density at radius 2 is 2.23 bits per heavy atom. The summed E-state index contributed by atoms with van der Waals surface area (Å²) < 4.78 is 26.9. The van der Waals surface area contributed by atoms with E-state index in [-0.39, 0.29) is 31.8 Å². The molecule has 0 amide bonds. The van der Waals surface area contributed by atoms with Crippen molar-refractivity contribution in [3.63, 3.8) is 0 Å². The van der Waals surface area contributed by atoms with Crippen molar-refractivity contribution in [3.05, 3.63) is 42.3 Å². The zero-order chi connectivity index (χ0) is 21.1. The van der Waals surface area contributed by atoms with Gasteiger partial charge in [-0.3, -0.25) is 9.78 Å². The summed E-state index contributed by atoms with van der Waals surface area (Å²) in [6, 6.07) is 8.49. The van der Waals surface area contributed by atoms with Crippen LogP contribution >= 0.6 is 0 Å². The lowest BCUT2D eigenvalue weighted by Gasteiger charge is -2.17. The predicted molar refractivity (Wildman–Crippen MR) is 105 cm³/mol. The number of rotatable bonds is 6. The molecule has 1 fully saturated rings. The van der Waals surface area contributed by atoms with Crippen molar-refractivity contribution in [2.24, 2.45) is 12.8 Å². The average Bonchev–Trinajstić information content (AvgIpc) is 3.41. The third-order valence-corrected chi connectivity index (χ3v) is 4.73. The second-order valence-corrected chi connectivity index (χ2v) is 6.75. The van der Waals surface area contributed by atoms with Crippen molar-refractivity contribution >= 4 is 11.7 Å². The molecule has 1 atom stereocenters. The van der Waals surface area contributed by atoms with Gasteiger partial charge >= 0.3 is 5.97 Å². The maximum Gasteiger partial charge on any atom is 0.319 e. The summed E-state index contributed by atoms with van der Waals surface area (Å²) >= 11 is 0. The fourth-order valence-corrected chi connectivity index (χ4v) is 3.14. The van der Waals surface area contributed by atoms with E-state index < -0.39 is 5.97 Å². The van der Waals surface area contributed by atoms with Gasteiger partial charge in [0.1, 0.15) is 31.0 Å². The van der Waals surface area contributed by atoms with Gasteiger partial charge in [0.05, 0.1) is 6.54 Å². The number of aryl methyl sites for hydroxylation is 1. The first-order valence-electron chi connectivity index (χ1n) is 9.26. The number of hydrogen-bond acceptors (Lipinski definition) is 9. The predicted octanol–water partition coefficient (Wildman–Crippen LogP) is 0.743. The Kier molecular flexibility index (Phi) is 5.63. The van der Waals surface area contributed by atoms with E-state index in [0.29, 0.717) is 34.9 Å². The third-order valence-electron chi connectivity index (χ3n) is 4.73. The summed E-state index contributed by atoms with van der Waals surface area (Å²) in [5, 5.41) is 11.3. The van der Waals surface area contributed by atoms with Crippen molar-refractivity contribution in [1.82, 2.24) is 25.2 Å². The fourth-order valence-electron chi connectivity index (χ4n) is 3.14. The largest absolute Gasteiger partial charge is 0.462 e. The Labute approximate surface area is 171 Å². The average molecular weight is 413 g/mol. The molecule has 10 nitrogen and oxygen atoms in total. The molecule has 0 saturated carbocycles. The minimum absolute atomic E-state index is 0.117. The number of hydrogen-bond donors (Lipinski definition) is 1. The van der Waals surface area contributed by atoms with Crippen LogP contribution in [0.2, 0.25) is 0 Å². The first-order chi connectivity index (χ1) is 14.5. The second kappa shape index (κ2) is 8.51. The first-order valence-corrected chi connectivity index (χ1v) is 9.26. The van der Waals surface area contributed by atoms with E-state index in [1.54, 1.807) is 31.4 Å². The van der Waals surface area contributed by atoms with Crippen molar-refractivity contribution in [1.29, 1.82) is 0 Å². The number of halogens is 1. The van der Waals surface area contributed by atoms with Gasteiger partial charge in [-0.1, -0.05) is 6.07 Å². The summed E-state index contributed by atoms with van der Waals surface area (Å²) in [5.41, 5.74) is 7.56. The van der Waals surface area contributed by atoms with Crippen molar-refractivity contribution in [2.75, 3.05) is 31.3 Å². The number of nitrogens with zero attached hydrogens (tertiary/aromatic N) is 6. The molecule has 3 aromatic rings. The number of carbonyl (C=O) groups is 1. The molecule has 0 bridgehead atoms. The lowest BCUT2D eigenvalue weighted by atomic mass is 10.1. The van der Waals surface area contributed by atoms with E-state index in [2.05, 4.69) is 20.5 Å². The molecule has 30 heavy (non-hydrogen) atoms. The van der Waals surface area contributed by atoms with Crippen molar-refractivity contribution < 1.29 is 18.7 Å². The van der Waals surface area contributed by atoms with E-state index >= 15 is 0 Å². The number of tetrazole rings is 1. The number of benzene rings is 1. The smallest absolute Gasteiger partial charge is 0.319 e. The van der Waals surface area contributed by atoms with Crippen molar-refractivity contribution in [2.45, 2.75) is 6.10 Å². The molecule has 1 aliphatic heterocycles. The maximum absolute atomic E-state index is 14.8.